The third kappa shape index (κ3) is 4.03. The normalized spacial score (nSPS) is 17.4. The highest BCUT2D eigenvalue weighted by molar-refractivity contribution is 5.89. The third-order valence-corrected chi connectivity index (χ3v) is 3.28. The van der Waals surface area contributed by atoms with Crippen molar-refractivity contribution < 1.29 is 19.1 Å². The molecule has 0 spiro atoms. The molecule has 0 aliphatic carbocycles. The van der Waals surface area contributed by atoms with E-state index in [0.717, 1.165) is 5.56 Å². The predicted molar refractivity (Wildman–Crippen MR) is 80.1 cm³/mol. The van der Waals surface area contributed by atoms with Gasteiger partial charge in [0.05, 0.1) is 19.3 Å². The Kier molecular flexibility index (Phi) is 4.46. The van der Waals surface area contributed by atoms with E-state index in [1.165, 1.54) is 12.2 Å². The molecule has 0 unspecified atom stereocenters. The quantitative estimate of drug-likeness (QED) is 0.609. The van der Waals surface area contributed by atoms with Crippen LogP contribution in [0.3, 0.4) is 0 Å². The molecule has 7 nitrogen and oxygen atoms in total. The molecule has 0 radical (unpaired) electrons. The first kappa shape index (κ1) is 15.0. The lowest BCUT2D eigenvalue weighted by Gasteiger charge is -2.04. The SMILES string of the molecule is O=C(/C=C/c1cn(Cc2ccccc2)nn1)O[C@H]1CCOC1=O. The van der Waals surface area contributed by atoms with Crippen LogP contribution >= 0.6 is 0 Å². The molecular formula is C16H15N3O4. The number of esters is 2. The van der Waals surface area contributed by atoms with Gasteiger partial charge >= 0.3 is 11.9 Å². The van der Waals surface area contributed by atoms with Crippen LogP contribution in [0.1, 0.15) is 17.7 Å². The monoisotopic (exact) mass is 313 g/mol. The molecule has 1 aliphatic heterocycles. The Bertz CT molecular complexity index is 724. The molecule has 2 aromatic rings. The van der Waals surface area contributed by atoms with Crippen molar-refractivity contribution in [2.45, 2.75) is 19.1 Å². The smallest absolute Gasteiger partial charge is 0.347 e. The third-order valence-electron chi connectivity index (χ3n) is 3.28. The standard InChI is InChI=1S/C16H15N3O4/c20-15(23-14-8-9-22-16(14)21)7-6-13-11-19(18-17-13)10-12-4-2-1-3-5-12/h1-7,11,14H,8-10H2/b7-6+/t14-/m0/s1. The summed E-state index contributed by atoms with van der Waals surface area (Å²) < 4.78 is 11.4. The summed E-state index contributed by atoms with van der Waals surface area (Å²) in [5, 5.41) is 7.95. The number of aromatic nitrogens is 3. The fourth-order valence-corrected chi connectivity index (χ4v) is 2.15. The van der Waals surface area contributed by atoms with Gasteiger partial charge < -0.3 is 9.47 Å². The summed E-state index contributed by atoms with van der Waals surface area (Å²) in [5.74, 6) is -1.10. The molecule has 2 heterocycles. The number of benzene rings is 1. The second kappa shape index (κ2) is 6.87. The van der Waals surface area contributed by atoms with Crippen molar-refractivity contribution in [1.82, 2.24) is 15.0 Å². The van der Waals surface area contributed by atoms with Crippen LogP contribution in [0.4, 0.5) is 0 Å². The molecule has 1 aliphatic rings. The Morgan fingerprint density at radius 2 is 2.22 bits per heavy atom. The highest BCUT2D eigenvalue weighted by Crippen LogP contribution is 2.11. The van der Waals surface area contributed by atoms with Crippen LogP contribution in [-0.2, 0) is 25.6 Å². The number of cyclic esters (lactones) is 1. The van der Waals surface area contributed by atoms with Crippen molar-refractivity contribution in [2.75, 3.05) is 6.61 Å². The molecule has 1 aromatic heterocycles. The second-order valence-electron chi connectivity index (χ2n) is 5.04. The van der Waals surface area contributed by atoms with Gasteiger partial charge in [-0.05, 0) is 11.6 Å². The Hall–Kier alpha value is -2.96. The summed E-state index contributed by atoms with van der Waals surface area (Å²) in [6.07, 6.45) is 4.03. The van der Waals surface area contributed by atoms with Crippen molar-refractivity contribution in [1.29, 1.82) is 0 Å². The van der Waals surface area contributed by atoms with E-state index in [1.54, 1.807) is 10.9 Å². The first-order chi connectivity index (χ1) is 11.2. The van der Waals surface area contributed by atoms with E-state index in [9.17, 15) is 9.59 Å². The topological polar surface area (TPSA) is 83.3 Å². The van der Waals surface area contributed by atoms with E-state index in [4.69, 9.17) is 9.47 Å². The van der Waals surface area contributed by atoms with Gasteiger partial charge in [-0.1, -0.05) is 35.5 Å². The summed E-state index contributed by atoms with van der Waals surface area (Å²) in [4.78, 5) is 22.9. The van der Waals surface area contributed by atoms with E-state index in [2.05, 4.69) is 10.3 Å². The average molecular weight is 313 g/mol. The Morgan fingerprint density at radius 1 is 1.39 bits per heavy atom. The van der Waals surface area contributed by atoms with Crippen molar-refractivity contribution in [3.05, 3.63) is 53.9 Å². The number of rotatable bonds is 5. The number of ether oxygens (including phenoxy) is 2. The molecule has 1 saturated heterocycles. The largest absolute Gasteiger partial charge is 0.463 e. The number of hydrogen-bond donors (Lipinski definition) is 0. The average Bonchev–Trinajstić information content (AvgIpc) is 3.16. The summed E-state index contributed by atoms with van der Waals surface area (Å²) in [6.45, 7) is 0.883. The maximum Gasteiger partial charge on any atom is 0.347 e. The molecule has 0 bridgehead atoms. The second-order valence-corrected chi connectivity index (χ2v) is 5.04. The number of hydrogen-bond acceptors (Lipinski definition) is 6. The maximum absolute atomic E-state index is 11.6. The van der Waals surface area contributed by atoms with Gasteiger partial charge in [0.2, 0.25) is 6.10 Å². The Labute approximate surface area is 132 Å². The van der Waals surface area contributed by atoms with Crippen LogP contribution in [0.25, 0.3) is 6.08 Å². The first-order valence-electron chi connectivity index (χ1n) is 7.20. The van der Waals surface area contributed by atoms with Gasteiger partial charge in [0.15, 0.2) is 0 Å². The first-order valence-corrected chi connectivity index (χ1v) is 7.20. The zero-order valence-corrected chi connectivity index (χ0v) is 12.3. The lowest BCUT2D eigenvalue weighted by molar-refractivity contribution is -0.156. The summed E-state index contributed by atoms with van der Waals surface area (Å²) in [7, 11) is 0. The van der Waals surface area contributed by atoms with E-state index in [-0.39, 0.29) is 6.61 Å². The fourth-order valence-electron chi connectivity index (χ4n) is 2.15. The minimum atomic E-state index is -0.805. The van der Waals surface area contributed by atoms with Gasteiger partial charge in [0.25, 0.3) is 0 Å². The van der Waals surface area contributed by atoms with Crippen LogP contribution in [0, 0.1) is 0 Å². The lowest BCUT2D eigenvalue weighted by Crippen LogP contribution is -2.21. The molecule has 0 amide bonds. The van der Waals surface area contributed by atoms with Crippen molar-refractivity contribution in [2.24, 2.45) is 0 Å². The van der Waals surface area contributed by atoms with Gasteiger partial charge in [-0.3, -0.25) is 0 Å². The maximum atomic E-state index is 11.6. The predicted octanol–water partition coefficient (Wildman–Crippen LogP) is 1.20. The van der Waals surface area contributed by atoms with E-state index < -0.39 is 18.0 Å². The van der Waals surface area contributed by atoms with Crippen molar-refractivity contribution >= 4 is 18.0 Å². The molecule has 1 aromatic carbocycles. The van der Waals surface area contributed by atoms with E-state index in [1.807, 2.05) is 30.3 Å². The van der Waals surface area contributed by atoms with Gasteiger partial charge in [-0.25, -0.2) is 14.3 Å². The zero-order chi connectivity index (χ0) is 16.1. The molecular weight excluding hydrogens is 298 g/mol. The van der Waals surface area contributed by atoms with Crippen molar-refractivity contribution in [3.8, 4) is 0 Å². The van der Waals surface area contributed by atoms with Crippen LogP contribution in [0.15, 0.2) is 42.6 Å². The molecule has 0 saturated carbocycles. The molecule has 3 rings (SSSR count). The van der Waals surface area contributed by atoms with E-state index in [0.29, 0.717) is 18.7 Å². The van der Waals surface area contributed by atoms with Gasteiger partial charge in [0.1, 0.15) is 5.69 Å². The van der Waals surface area contributed by atoms with Crippen molar-refractivity contribution in [3.63, 3.8) is 0 Å². The highest BCUT2D eigenvalue weighted by Gasteiger charge is 2.29. The molecule has 118 valence electrons. The molecule has 23 heavy (non-hydrogen) atoms. The summed E-state index contributed by atoms with van der Waals surface area (Å²) >= 11 is 0. The zero-order valence-electron chi connectivity index (χ0n) is 12.3. The minimum absolute atomic E-state index is 0.286. The molecule has 1 atom stereocenters. The van der Waals surface area contributed by atoms with Crippen LogP contribution < -0.4 is 0 Å². The van der Waals surface area contributed by atoms with Crippen LogP contribution in [-0.4, -0.2) is 39.6 Å². The molecule has 0 N–H and O–H groups in total. The highest BCUT2D eigenvalue weighted by atomic mass is 16.6. The van der Waals surface area contributed by atoms with Gasteiger partial charge in [-0.15, -0.1) is 5.10 Å². The van der Waals surface area contributed by atoms with Crippen LogP contribution in [0.5, 0.6) is 0 Å². The van der Waals surface area contributed by atoms with E-state index >= 15 is 0 Å². The number of nitrogens with zero attached hydrogens (tertiary/aromatic N) is 3. The Balaban J connectivity index is 1.55. The number of carbonyl (C=O) groups excluding carboxylic acids is 2. The summed E-state index contributed by atoms with van der Waals surface area (Å²) in [5.41, 5.74) is 1.64. The van der Waals surface area contributed by atoms with Gasteiger partial charge in [-0.2, -0.15) is 0 Å². The van der Waals surface area contributed by atoms with Crippen LogP contribution in [0.2, 0.25) is 0 Å². The summed E-state index contributed by atoms with van der Waals surface area (Å²) in [6, 6.07) is 9.85. The minimum Gasteiger partial charge on any atom is -0.463 e. The molecule has 1 fully saturated rings. The molecule has 7 heteroatoms. The number of carbonyl (C=O) groups is 2. The van der Waals surface area contributed by atoms with Gasteiger partial charge in [0, 0.05) is 12.5 Å². The fraction of sp³-hybridized carbons (Fsp3) is 0.250. The lowest BCUT2D eigenvalue weighted by atomic mass is 10.2. The Morgan fingerprint density at radius 3 is 2.96 bits per heavy atom.